The zero-order valence-electron chi connectivity index (χ0n) is 10.9. The van der Waals surface area contributed by atoms with E-state index < -0.39 is 0 Å². The SMILES string of the molecule is CC(C)Nc1ccc(NC(=O)c2cccnc2)nc1. The van der Waals surface area contributed by atoms with Crippen LogP contribution in [0, 0.1) is 0 Å². The van der Waals surface area contributed by atoms with Crippen molar-refractivity contribution in [3.8, 4) is 0 Å². The van der Waals surface area contributed by atoms with Crippen LogP contribution in [0.3, 0.4) is 0 Å². The summed E-state index contributed by atoms with van der Waals surface area (Å²) in [4.78, 5) is 20.0. The molecule has 2 N–H and O–H groups in total. The van der Waals surface area contributed by atoms with Crippen LogP contribution in [0.1, 0.15) is 24.2 Å². The Morgan fingerprint density at radius 1 is 1.21 bits per heavy atom. The van der Waals surface area contributed by atoms with Crippen LogP contribution in [0.25, 0.3) is 0 Å². The van der Waals surface area contributed by atoms with Gasteiger partial charge in [0.25, 0.3) is 5.91 Å². The molecule has 0 saturated heterocycles. The van der Waals surface area contributed by atoms with Crippen LogP contribution in [0.5, 0.6) is 0 Å². The molecule has 0 aromatic carbocycles. The standard InChI is InChI=1S/C14H16N4O/c1-10(2)17-12-5-6-13(16-9-12)18-14(19)11-4-3-7-15-8-11/h3-10,17H,1-2H3,(H,16,18,19). The van der Waals surface area contributed by atoms with E-state index in [2.05, 4.69) is 34.4 Å². The predicted octanol–water partition coefficient (Wildman–Crippen LogP) is 2.55. The third-order valence-corrected chi connectivity index (χ3v) is 2.38. The third kappa shape index (κ3) is 3.77. The number of hydrogen-bond acceptors (Lipinski definition) is 4. The minimum atomic E-state index is -0.217. The lowest BCUT2D eigenvalue weighted by Crippen LogP contribution is -2.14. The van der Waals surface area contributed by atoms with Gasteiger partial charge in [0, 0.05) is 18.4 Å². The van der Waals surface area contributed by atoms with Gasteiger partial charge >= 0.3 is 0 Å². The summed E-state index contributed by atoms with van der Waals surface area (Å²) < 4.78 is 0. The molecule has 2 rings (SSSR count). The summed E-state index contributed by atoms with van der Waals surface area (Å²) in [6, 6.07) is 7.41. The van der Waals surface area contributed by atoms with Gasteiger partial charge < -0.3 is 10.6 Å². The van der Waals surface area contributed by atoms with Crippen LogP contribution < -0.4 is 10.6 Å². The number of aromatic nitrogens is 2. The zero-order chi connectivity index (χ0) is 13.7. The molecule has 5 heteroatoms. The van der Waals surface area contributed by atoms with Gasteiger partial charge in [0.15, 0.2) is 0 Å². The number of nitrogens with zero attached hydrogens (tertiary/aromatic N) is 2. The van der Waals surface area contributed by atoms with Crippen molar-refractivity contribution in [1.82, 2.24) is 9.97 Å². The van der Waals surface area contributed by atoms with Gasteiger partial charge in [-0.3, -0.25) is 9.78 Å². The first-order chi connectivity index (χ1) is 9.15. The lowest BCUT2D eigenvalue weighted by Gasteiger charge is -2.10. The highest BCUT2D eigenvalue weighted by Gasteiger charge is 2.06. The summed E-state index contributed by atoms with van der Waals surface area (Å²) in [6.07, 6.45) is 4.84. The first-order valence-corrected chi connectivity index (χ1v) is 6.09. The van der Waals surface area contributed by atoms with E-state index in [1.807, 2.05) is 6.07 Å². The molecule has 98 valence electrons. The quantitative estimate of drug-likeness (QED) is 0.882. The van der Waals surface area contributed by atoms with Crippen LogP contribution in [-0.4, -0.2) is 21.9 Å². The van der Waals surface area contributed by atoms with Crippen molar-refractivity contribution in [3.05, 3.63) is 48.4 Å². The second-order valence-corrected chi connectivity index (χ2v) is 4.43. The maximum atomic E-state index is 11.9. The average Bonchev–Trinajstić information content (AvgIpc) is 2.41. The Morgan fingerprint density at radius 3 is 2.63 bits per heavy atom. The van der Waals surface area contributed by atoms with Gasteiger partial charge in [-0.25, -0.2) is 4.98 Å². The summed E-state index contributed by atoms with van der Waals surface area (Å²) in [6.45, 7) is 4.11. The molecule has 0 aliphatic heterocycles. The van der Waals surface area contributed by atoms with Gasteiger partial charge in [0.1, 0.15) is 5.82 Å². The second-order valence-electron chi connectivity index (χ2n) is 4.43. The zero-order valence-corrected chi connectivity index (χ0v) is 10.9. The van der Waals surface area contributed by atoms with Crippen molar-refractivity contribution >= 4 is 17.4 Å². The van der Waals surface area contributed by atoms with Gasteiger partial charge in [0.2, 0.25) is 0 Å². The molecule has 0 aliphatic carbocycles. The fourth-order valence-corrected chi connectivity index (χ4v) is 1.57. The van der Waals surface area contributed by atoms with Gasteiger partial charge in [-0.1, -0.05) is 0 Å². The predicted molar refractivity (Wildman–Crippen MR) is 75.2 cm³/mol. The van der Waals surface area contributed by atoms with E-state index in [0.29, 0.717) is 17.4 Å². The molecule has 5 nitrogen and oxygen atoms in total. The first-order valence-electron chi connectivity index (χ1n) is 6.09. The number of rotatable bonds is 4. The van der Waals surface area contributed by atoms with Gasteiger partial charge in [0.05, 0.1) is 17.4 Å². The molecule has 1 amide bonds. The molecule has 0 bridgehead atoms. The molecule has 19 heavy (non-hydrogen) atoms. The Bertz CT molecular complexity index is 537. The van der Waals surface area contributed by atoms with Crippen LogP contribution in [0.4, 0.5) is 11.5 Å². The molecule has 0 atom stereocenters. The molecule has 0 aliphatic rings. The van der Waals surface area contributed by atoms with E-state index in [4.69, 9.17) is 0 Å². The average molecular weight is 256 g/mol. The normalized spacial score (nSPS) is 10.3. The highest BCUT2D eigenvalue weighted by atomic mass is 16.1. The minimum Gasteiger partial charge on any atom is -0.382 e. The van der Waals surface area contributed by atoms with Crippen molar-refractivity contribution in [1.29, 1.82) is 0 Å². The first kappa shape index (κ1) is 13.0. The van der Waals surface area contributed by atoms with Crippen LogP contribution in [-0.2, 0) is 0 Å². The smallest absolute Gasteiger partial charge is 0.258 e. The van der Waals surface area contributed by atoms with Crippen LogP contribution in [0.15, 0.2) is 42.9 Å². The van der Waals surface area contributed by atoms with Gasteiger partial charge in [-0.05, 0) is 38.1 Å². The number of amides is 1. The monoisotopic (exact) mass is 256 g/mol. The molecule has 2 aromatic heterocycles. The Labute approximate surface area is 112 Å². The molecule has 2 heterocycles. The summed E-state index contributed by atoms with van der Waals surface area (Å²) >= 11 is 0. The summed E-state index contributed by atoms with van der Waals surface area (Å²) in [5.74, 6) is 0.299. The molecule has 2 aromatic rings. The lowest BCUT2D eigenvalue weighted by atomic mass is 10.2. The summed E-state index contributed by atoms with van der Waals surface area (Å²) in [5, 5.41) is 5.95. The Kier molecular flexibility index (Phi) is 4.07. The number of carbonyl (C=O) groups excluding carboxylic acids is 1. The highest BCUT2D eigenvalue weighted by Crippen LogP contribution is 2.11. The summed E-state index contributed by atoms with van der Waals surface area (Å²) in [7, 11) is 0. The van der Waals surface area contributed by atoms with E-state index in [9.17, 15) is 4.79 Å². The van der Waals surface area contributed by atoms with E-state index in [0.717, 1.165) is 5.69 Å². The van der Waals surface area contributed by atoms with Crippen molar-refractivity contribution in [2.45, 2.75) is 19.9 Å². The van der Waals surface area contributed by atoms with Crippen LogP contribution in [0.2, 0.25) is 0 Å². The third-order valence-electron chi connectivity index (χ3n) is 2.38. The Balaban J connectivity index is 2.02. The minimum absolute atomic E-state index is 0.217. The number of carbonyl (C=O) groups is 1. The molecule has 0 spiro atoms. The topological polar surface area (TPSA) is 66.9 Å². The molecular weight excluding hydrogens is 240 g/mol. The fourth-order valence-electron chi connectivity index (χ4n) is 1.57. The van der Waals surface area contributed by atoms with Crippen molar-refractivity contribution in [2.24, 2.45) is 0 Å². The van der Waals surface area contributed by atoms with E-state index >= 15 is 0 Å². The van der Waals surface area contributed by atoms with Crippen molar-refractivity contribution in [2.75, 3.05) is 10.6 Å². The second kappa shape index (κ2) is 5.95. The van der Waals surface area contributed by atoms with E-state index in [1.54, 1.807) is 30.6 Å². The summed E-state index contributed by atoms with van der Waals surface area (Å²) in [5.41, 5.74) is 1.43. The van der Waals surface area contributed by atoms with Gasteiger partial charge in [-0.2, -0.15) is 0 Å². The largest absolute Gasteiger partial charge is 0.382 e. The number of anilines is 2. The fraction of sp³-hybridized carbons (Fsp3) is 0.214. The van der Waals surface area contributed by atoms with Crippen molar-refractivity contribution < 1.29 is 4.79 Å². The highest BCUT2D eigenvalue weighted by molar-refractivity contribution is 6.03. The van der Waals surface area contributed by atoms with Crippen molar-refractivity contribution in [3.63, 3.8) is 0 Å². The molecule has 0 unspecified atom stereocenters. The Hall–Kier alpha value is -2.43. The maximum absolute atomic E-state index is 11.9. The number of pyridine rings is 2. The molecule has 0 saturated carbocycles. The Morgan fingerprint density at radius 2 is 2.05 bits per heavy atom. The number of hydrogen-bond donors (Lipinski definition) is 2. The van der Waals surface area contributed by atoms with Crippen LogP contribution >= 0.6 is 0 Å². The molecular formula is C14H16N4O. The maximum Gasteiger partial charge on any atom is 0.258 e. The molecule has 0 radical (unpaired) electrons. The van der Waals surface area contributed by atoms with E-state index in [1.165, 1.54) is 6.20 Å². The number of nitrogens with one attached hydrogen (secondary N) is 2. The van der Waals surface area contributed by atoms with Gasteiger partial charge in [-0.15, -0.1) is 0 Å². The lowest BCUT2D eigenvalue weighted by molar-refractivity contribution is 0.102. The van der Waals surface area contributed by atoms with E-state index in [-0.39, 0.29) is 5.91 Å². The molecule has 0 fully saturated rings.